The molecule has 84 valence electrons. The van der Waals surface area contributed by atoms with Gasteiger partial charge in [0.15, 0.2) is 0 Å². The number of hydrogen-bond donors (Lipinski definition) is 0. The van der Waals surface area contributed by atoms with Crippen molar-refractivity contribution in [1.82, 2.24) is 0 Å². The quantitative estimate of drug-likeness (QED) is 0.388. The lowest BCUT2D eigenvalue weighted by Crippen LogP contribution is -2.24. The van der Waals surface area contributed by atoms with Gasteiger partial charge >= 0.3 is 0 Å². The van der Waals surface area contributed by atoms with Crippen LogP contribution in [0.2, 0.25) is 0 Å². The minimum atomic E-state index is 0.355. The fourth-order valence-corrected chi connectivity index (χ4v) is 1.91. The van der Waals surface area contributed by atoms with Gasteiger partial charge in [-0.3, -0.25) is 0 Å². The second kappa shape index (κ2) is 6.27. The Bertz CT molecular complexity index is 167. The molecule has 0 aliphatic rings. The molecule has 0 fully saturated rings. The third kappa shape index (κ3) is 3.86. The summed E-state index contributed by atoms with van der Waals surface area (Å²) in [6.45, 7) is 15.6. The van der Waals surface area contributed by atoms with Crippen LogP contribution in [-0.2, 0) is 0 Å². The Morgan fingerprint density at radius 2 is 1.79 bits per heavy atom. The van der Waals surface area contributed by atoms with Crippen molar-refractivity contribution in [3.8, 4) is 0 Å². The Balaban J connectivity index is 4.05. The summed E-state index contributed by atoms with van der Waals surface area (Å²) in [6, 6.07) is 0. The first-order valence-electron chi connectivity index (χ1n) is 6.11. The van der Waals surface area contributed by atoms with Gasteiger partial charge in [-0.15, -0.1) is 0 Å². The van der Waals surface area contributed by atoms with Gasteiger partial charge in [0.1, 0.15) is 0 Å². The smallest absolute Gasteiger partial charge is 0.00988 e. The maximum Gasteiger partial charge on any atom is -0.00988 e. The SMILES string of the molecule is C=C(C)C(C)(CCCCCC)C(C)C. The Morgan fingerprint density at radius 1 is 1.21 bits per heavy atom. The van der Waals surface area contributed by atoms with Crippen molar-refractivity contribution in [2.24, 2.45) is 11.3 Å². The van der Waals surface area contributed by atoms with Crippen LogP contribution in [-0.4, -0.2) is 0 Å². The van der Waals surface area contributed by atoms with Gasteiger partial charge in [-0.05, 0) is 24.7 Å². The minimum absolute atomic E-state index is 0.355. The van der Waals surface area contributed by atoms with Crippen LogP contribution in [0.3, 0.4) is 0 Å². The maximum absolute atomic E-state index is 4.15. The first-order valence-corrected chi connectivity index (χ1v) is 6.11. The molecule has 0 aromatic rings. The van der Waals surface area contributed by atoms with Crippen molar-refractivity contribution in [1.29, 1.82) is 0 Å². The number of allylic oxidation sites excluding steroid dienone is 1. The van der Waals surface area contributed by atoms with Crippen LogP contribution in [0.15, 0.2) is 12.2 Å². The van der Waals surface area contributed by atoms with E-state index in [9.17, 15) is 0 Å². The summed E-state index contributed by atoms with van der Waals surface area (Å²) in [5, 5.41) is 0. The van der Waals surface area contributed by atoms with Gasteiger partial charge in [-0.1, -0.05) is 65.5 Å². The van der Waals surface area contributed by atoms with Crippen LogP contribution in [0.25, 0.3) is 0 Å². The van der Waals surface area contributed by atoms with Gasteiger partial charge in [-0.2, -0.15) is 0 Å². The summed E-state index contributed by atoms with van der Waals surface area (Å²) in [7, 11) is 0. The van der Waals surface area contributed by atoms with Crippen molar-refractivity contribution >= 4 is 0 Å². The predicted molar refractivity (Wildman–Crippen MR) is 66.5 cm³/mol. The maximum atomic E-state index is 4.15. The Hall–Kier alpha value is -0.260. The van der Waals surface area contributed by atoms with E-state index in [1.165, 1.54) is 37.7 Å². The molecule has 0 heterocycles. The molecule has 0 aromatic carbocycles. The molecule has 0 aromatic heterocycles. The molecule has 14 heavy (non-hydrogen) atoms. The number of rotatable bonds is 7. The average molecular weight is 196 g/mol. The average Bonchev–Trinajstić information content (AvgIpc) is 2.11. The zero-order chi connectivity index (χ0) is 11.2. The van der Waals surface area contributed by atoms with Crippen LogP contribution >= 0.6 is 0 Å². The number of hydrogen-bond acceptors (Lipinski definition) is 0. The summed E-state index contributed by atoms with van der Waals surface area (Å²) in [4.78, 5) is 0. The van der Waals surface area contributed by atoms with Gasteiger partial charge in [0.2, 0.25) is 0 Å². The second-order valence-electron chi connectivity index (χ2n) is 5.16. The largest absolute Gasteiger partial charge is 0.0996 e. The summed E-state index contributed by atoms with van der Waals surface area (Å²) < 4.78 is 0. The molecule has 0 heteroatoms. The molecule has 0 nitrogen and oxygen atoms in total. The highest BCUT2D eigenvalue weighted by Gasteiger charge is 2.28. The molecular formula is C14H28. The van der Waals surface area contributed by atoms with Crippen LogP contribution in [0, 0.1) is 11.3 Å². The van der Waals surface area contributed by atoms with Crippen LogP contribution in [0.4, 0.5) is 0 Å². The minimum Gasteiger partial charge on any atom is -0.0996 e. The van der Waals surface area contributed by atoms with Crippen molar-refractivity contribution in [3.63, 3.8) is 0 Å². The summed E-state index contributed by atoms with van der Waals surface area (Å²) >= 11 is 0. The summed E-state index contributed by atoms with van der Waals surface area (Å²) in [5.74, 6) is 0.710. The fourth-order valence-electron chi connectivity index (χ4n) is 1.91. The molecule has 0 rings (SSSR count). The topological polar surface area (TPSA) is 0 Å². The molecular weight excluding hydrogens is 168 g/mol. The molecule has 0 saturated heterocycles. The van der Waals surface area contributed by atoms with Gasteiger partial charge in [0.25, 0.3) is 0 Å². The molecule has 0 saturated carbocycles. The molecule has 1 atom stereocenters. The highest BCUT2D eigenvalue weighted by atomic mass is 14.3. The lowest BCUT2D eigenvalue weighted by atomic mass is 9.70. The Morgan fingerprint density at radius 3 is 2.14 bits per heavy atom. The highest BCUT2D eigenvalue weighted by Crippen LogP contribution is 2.39. The molecule has 0 radical (unpaired) electrons. The van der Waals surface area contributed by atoms with Crippen molar-refractivity contribution in [3.05, 3.63) is 12.2 Å². The highest BCUT2D eigenvalue weighted by molar-refractivity contribution is 5.06. The summed E-state index contributed by atoms with van der Waals surface area (Å²) in [5.41, 5.74) is 1.71. The van der Waals surface area contributed by atoms with Gasteiger partial charge < -0.3 is 0 Å². The molecule has 0 aliphatic heterocycles. The predicted octanol–water partition coefficient (Wildman–Crippen LogP) is 5.20. The van der Waals surface area contributed by atoms with Crippen molar-refractivity contribution in [2.45, 2.75) is 66.7 Å². The lowest BCUT2D eigenvalue weighted by Gasteiger charge is -2.34. The lowest BCUT2D eigenvalue weighted by molar-refractivity contribution is 0.246. The molecule has 0 N–H and O–H groups in total. The van der Waals surface area contributed by atoms with E-state index in [0.29, 0.717) is 11.3 Å². The monoisotopic (exact) mass is 196 g/mol. The third-order valence-electron chi connectivity index (χ3n) is 3.80. The molecule has 0 spiro atoms. The van der Waals surface area contributed by atoms with Crippen LogP contribution in [0.1, 0.15) is 66.7 Å². The Kier molecular flexibility index (Phi) is 6.15. The van der Waals surface area contributed by atoms with E-state index in [0.717, 1.165) is 0 Å². The molecule has 0 amide bonds. The standard InChI is InChI=1S/C14H28/c1-7-8-9-10-11-14(6,12(2)3)13(4)5/h13H,2,7-11H2,1,3-6H3. The van der Waals surface area contributed by atoms with E-state index in [1.54, 1.807) is 0 Å². The van der Waals surface area contributed by atoms with Gasteiger partial charge in [-0.25, -0.2) is 0 Å². The summed E-state index contributed by atoms with van der Waals surface area (Å²) in [6.07, 6.45) is 6.75. The van der Waals surface area contributed by atoms with E-state index in [1.807, 2.05) is 0 Å². The molecule has 0 bridgehead atoms. The van der Waals surface area contributed by atoms with E-state index >= 15 is 0 Å². The van der Waals surface area contributed by atoms with E-state index in [-0.39, 0.29) is 0 Å². The van der Waals surface area contributed by atoms with Crippen molar-refractivity contribution < 1.29 is 0 Å². The third-order valence-corrected chi connectivity index (χ3v) is 3.80. The first-order chi connectivity index (χ1) is 6.45. The van der Waals surface area contributed by atoms with Gasteiger partial charge in [0, 0.05) is 0 Å². The zero-order valence-corrected chi connectivity index (χ0v) is 10.8. The van der Waals surface area contributed by atoms with Gasteiger partial charge in [0.05, 0.1) is 0 Å². The molecule has 0 aliphatic carbocycles. The molecule has 1 unspecified atom stereocenters. The van der Waals surface area contributed by atoms with E-state index in [2.05, 4.69) is 41.2 Å². The normalized spacial score (nSPS) is 15.6. The van der Waals surface area contributed by atoms with Crippen molar-refractivity contribution in [2.75, 3.05) is 0 Å². The fraction of sp³-hybridized carbons (Fsp3) is 0.857. The van der Waals surface area contributed by atoms with Crippen LogP contribution < -0.4 is 0 Å². The zero-order valence-electron chi connectivity index (χ0n) is 10.8. The van der Waals surface area contributed by atoms with E-state index in [4.69, 9.17) is 0 Å². The Labute approximate surface area is 90.8 Å². The second-order valence-corrected chi connectivity index (χ2v) is 5.16. The van der Waals surface area contributed by atoms with E-state index < -0.39 is 0 Å². The number of unbranched alkanes of at least 4 members (excludes halogenated alkanes) is 3. The first kappa shape index (κ1) is 13.7. The van der Waals surface area contributed by atoms with Crippen LogP contribution in [0.5, 0.6) is 0 Å².